The van der Waals surface area contributed by atoms with Crippen molar-refractivity contribution >= 4 is 5.91 Å². The van der Waals surface area contributed by atoms with Crippen molar-refractivity contribution < 1.29 is 4.79 Å². The molecule has 1 aliphatic heterocycles. The van der Waals surface area contributed by atoms with Crippen molar-refractivity contribution in [1.82, 2.24) is 10.2 Å². The molecule has 3 N–H and O–H groups in total. The number of nitrogens with one attached hydrogen (secondary N) is 1. The van der Waals surface area contributed by atoms with Crippen LogP contribution in [0.5, 0.6) is 0 Å². The minimum atomic E-state index is -0.450. The van der Waals surface area contributed by atoms with E-state index in [1.165, 1.54) is 36.8 Å². The van der Waals surface area contributed by atoms with Crippen LogP contribution in [0, 0.1) is 5.41 Å². The number of amides is 1. The van der Waals surface area contributed by atoms with Crippen molar-refractivity contribution in [1.29, 1.82) is 0 Å². The first-order valence-electron chi connectivity index (χ1n) is 12.0. The third kappa shape index (κ3) is 6.31. The van der Waals surface area contributed by atoms with Crippen LogP contribution < -0.4 is 11.1 Å². The maximum absolute atomic E-state index is 12.5. The van der Waals surface area contributed by atoms with Crippen LogP contribution in [-0.4, -0.2) is 30.9 Å². The topological polar surface area (TPSA) is 58.4 Å². The number of piperidine rings is 1. The number of hydrogen-bond donors (Lipinski definition) is 2. The van der Waals surface area contributed by atoms with Gasteiger partial charge >= 0.3 is 0 Å². The van der Waals surface area contributed by atoms with E-state index in [1.54, 1.807) is 0 Å². The summed E-state index contributed by atoms with van der Waals surface area (Å²) in [6, 6.07) is 8.56. The Morgan fingerprint density at radius 3 is 2.00 bits per heavy atom. The number of nitrogens with two attached hydrogens (primary N) is 1. The maximum atomic E-state index is 12.5. The van der Waals surface area contributed by atoms with E-state index in [1.807, 2.05) is 7.05 Å². The number of likely N-dealkylation sites (tertiary alicyclic amines) is 1. The summed E-state index contributed by atoms with van der Waals surface area (Å²) in [7, 11) is 1.94. The fourth-order valence-corrected chi connectivity index (χ4v) is 4.48. The summed E-state index contributed by atoms with van der Waals surface area (Å²) in [6.45, 7) is 12.3. The van der Waals surface area contributed by atoms with Gasteiger partial charge in [-0.1, -0.05) is 84.6 Å². The van der Waals surface area contributed by atoms with Gasteiger partial charge in [0.15, 0.2) is 0 Å². The molecule has 30 heavy (non-hydrogen) atoms. The Bertz CT molecular complexity index is 681. The van der Waals surface area contributed by atoms with Crippen LogP contribution in [0.4, 0.5) is 0 Å². The SMILES string of the molecule is C1CC1.CCC.CNC1(N)CC2(CCN(C(=O)CC(C)(C)C)CC2)c2ccccc21. The molecule has 4 heteroatoms. The molecule has 3 aliphatic rings. The minimum absolute atomic E-state index is 0.0463. The number of carbonyl (C=O) groups is 1. The molecule has 1 aromatic rings. The monoisotopic (exact) mass is 415 g/mol. The molecule has 1 aromatic carbocycles. The lowest BCUT2D eigenvalue weighted by atomic mass is 9.73. The molecule has 1 unspecified atom stereocenters. The smallest absolute Gasteiger partial charge is 0.223 e. The normalized spacial score (nSPS) is 23.6. The van der Waals surface area contributed by atoms with Gasteiger partial charge in [-0.2, -0.15) is 0 Å². The molecule has 4 nitrogen and oxygen atoms in total. The van der Waals surface area contributed by atoms with Crippen molar-refractivity contribution in [3.05, 3.63) is 35.4 Å². The van der Waals surface area contributed by atoms with Gasteiger partial charge in [0.05, 0.1) is 5.66 Å². The number of nitrogens with zero attached hydrogens (tertiary/aromatic N) is 1. The first kappa shape index (κ1) is 24.9. The second-order valence-corrected chi connectivity index (χ2v) is 10.6. The quantitative estimate of drug-likeness (QED) is 0.644. The van der Waals surface area contributed by atoms with E-state index >= 15 is 0 Å². The maximum Gasteiger partial charge on any atom is 0.223 e. The van der Waals surface area contributed by atoms with E-state index in [9.17, 15) is 4.79 Å². The summed E-state index contributed by atoms with van der Waals surface area (Å²) < 4.78 is 0. The number of hydrogen-bond acceptors (Lipinski definition) is 3. The summed E-state index contributed by atoms with van der Waals surface area (Å²) in [5.41, 5.74) is 8.97. The summed E-state index contributed by atoms with van der Waals surface area (Å²) in [4.78, 5) is 14.6. The highest BCUT2D eigenvalue weighted by molar-refractivity contribution is 5.77. The number of carbonyl (C=O) groups excluding carboxylic acids is 1. The highest BCUT2D eigenvalue weighted by atomic mass is 16.2. The van der Waals surface area contributed by atoms with E-state index in [-0.39, 0.29) is 16.7 Å². The van der Waals surface area contributed by atoms with E-state index in [0.29, 0.717) is 6.42 Å². The van der Waals surface area contributed by atoms with E-state index < -0.39 is 5.66 Å². The first-order valence-corrected chi connectivity index (χ1v) is 12.0. The van der Waals surface area contributed by atoms with Crippen LogP contribution in [0.15, 0.2) is 24.3 Å². The van der Waals surface area contributed by atoms with E-state index in [0.717, 1.165) is 32.4 Å². The van der Waals surface area contributed by atoms with Crippen LogP contribution in [0.1, 0.15) is 97.1 Å². The third-order valence-corrected chi connectivity index (χ3v) is 6.15. The highest BCUT2D eigenvalue weighted by Crippen LogP contribution is 2.51. The van der Waals surface area contributed by atoms with E-state index in [4.69, 9.17) is 5.73 Å². The Balaban J connectivity index is 0.000000467. The lowest BCUT2D eigenvalue weighted by Crippen LogP contribution is -2.50. The van der Waals surface area contributed by atoms with Crippen molar-refractivity contribution in [2.24, 2.45) is 11.1 Å². The van der Waals surface area contributed by atoms with Gasteiger partial charge in [-0.25, -0.2) is 0 Å². The lowest BCUT2D eigenvalue weighted by Gasteiger charge is -2.41. The molecule has 170 valence electrons. The molecule has 4 rings (SSSR count). The van der Waals surface area contributed by atoms with Crippen molar-refractivity contribution in [3.63, 3.8) is 0 Å². The van der Waals surface area contributed by atoms with Gasteiger partial charge in [-0.05, 0) is 42.9 Å². The number of rotatable bonds is 2. The standard InChI is InChI=1S/C20H31N3O.C3H6.C3H8/c1-18(2,3)13-17(24)23-11-9-19(10-12-23)14-20(21,22-4)16-8-6-5-7-15(16)19;1-2-3-1;1-3-2/h5-8,22H,9-14,21H2,1-4H3;1-3H2;3H2,1-2H3. The van der Waals surface area contributed by atoms with Crippen LogP contribution in [0.25, 0.3) is 0 Å². The molecular formula is C26H45N3O. The van der Waals surface area contributed by atoms with Gasteiger partial charge in [-0.3, -0.25) is 10.1 Å². The van der Waals surface area contributed by atoms with Gasteiger partial charge in [-0.15, -0.1) is 0 Å². The summed E-state index contributed by atoms with van der Waals surface area (Å²) in [5.74, 6) is 0.288. The molecule has 0 aromatic heterocycles. The first-order chi connectivity index (χ1) is 14.1. The third-order valence-electron chi connectivity index (χ3n) is 6.15. The van der Waals surface area contributed by atoms with Crippen LogP contribution in [0.2, 0.25) is 0 Å². The van der Waals surface area contributed by atoms with Crippen molar-refractivity contribution in [2.75, 3.05) is 20.1 Å². The molecule has 1 spiro atoms. The zero-order chi connectivity index (χ0) is 22.4. The zero-order valence-electron chi connectivity index (χ0n) is 20.3. The molecule has 1 saturated carbocycles. The molecule has 1 saturated heterocycles. The highest BCUT2D eigenvalue weighted by Gasteiger charge is 2.51. The second-order valence-electron chi connectivity index (χ2n) is 10.6. The summed E-state index contributed by atoms with van der Waals surface area (Å²) in [6.07, 6.45) is 9.28. The van der Waals surface area contributed by atoms with Gasteiger partial charge in [0.1, 0.15) is 0 Å². The number of fused-ring (bicyclic) bond motifs is 2. The molecule has 1 atom stereocenters. The van der Waals surface area contributed by atoms with Gasteiger partial charge in [0, 0.05) is 24.9 Å². The van der Waals surface area contributed by atoms with E-state index in [2.05, 4.69) is 69.1 Å². The molecule has 1 amide bonds. The minimum Gasteiger partial charge on any atom is -0.343 e. The predicted octanol–water partition coefficient (Wildman–Crippen LogP) is 5.30. The Labute approximate surface area is 185 Å². The number of benzene rings is 1. The predicted molar refractivity (Wildman–Crippen MR) is 127 cm³/mol. The fraction of sp³-hybridized carbons (Fsp3) is 0.731. The molecule has 2 fully saturated rings. The second kappa shape index (κ2) is 10.3. The van der Waals surface area contributed by atoms with Crippen molar-refractivity contribution in [2.45, 2.75) is 97.1 Å². The van der Waals surface area contributed by atoms with Gasteiger partial charge < -0.3 is 10.6 Å². The average Bonchev–Trinajstić information content (AvgIpc) is 3.55. The summed E-state index contributed by atoms with van der Waals surface area (Å²) >= 11 is 0. The van der Waals surface area contributed by atoms with Crippen LogP contribution >= 0.6 is 0 Å². The largest absolute Gasteiger partial charge is 0.343 e. The van der Waals surface area contributed by atoms with Gasteiger partial charge in [0.25, 0.3) is 0 Å². The average molecular weight is 416 g/mol. The molecular weight excluding hydrogens is 370 g/mol. The fourth-order valence-electron chi connectivity index (χ4n) is 4.48. The molecule has 0 bridgehead atoms. The summed E-state index contributed by atoms with van der Waals surface area (Å²) in [5, 5.41) is 3.33. The molecule has 1 heterocycles. The van der Waals surface area contributed by atoms with Crippen molar-refractivity contribution in [3.8, 4) is 0 Å². The lowest BCUT2D eigenvalue weighted by molar-refractivity contribution is -0.134. The molecule has 0 radical (unpaired) electrons. The Morgan fingerprint density at radius 2 is 1.57 bits per heavy atom. The molecule has 2 aliphatic carbocycles. The Hall–Kier alpha value is -1.39. The zero-order valence-corrected chi connectivity index (χ0v) is 20.3. The Kier molecular flexibility index (Phi) is 8.52. The van der Waals surface area contributed by atoms with Gasteiger partial charge in [0.2, 0.25) is 5.91 Å². The Morgan fingerprint density at radius 1 is 1.07 bits per heavy atom. The van der Waals surface area contributed by atoms with Crippen LogP contribution in [-0.2, 0) is 15.9 Å². The van der Waals surface area contributed by atoms with Crippen LogP contribution in [0.3, 0.4) is 0 Å².